The molecule has 1 aliphatic heterocycles. The number of anilines is 1. The Kier molecular flexibility index (Phi) is 4.93. The number of benzene rings is 1. The third-order valence-electron chi connectivity index (χ3n) is 4.89. The molecule has 26 heavy (non-hydrogen) atoms. The molecular formula is C20H23N5O. The normalized spacial score (nSPS) is 17.6. The number of hydrogen-bond acceptors (Lipinski definition) is 6. The van der Waals surface area contributed by atoms with Crippen molar-refractivity contribution in [2.24, 2.45) is 0 Å². The Bertz CT molecular complexity index is 820. The molecule has 0 aliphatic carbocycles. The summed E-state index contributed by atoms with van der Waals surface area (Å²) in [7, 11) is 2.15. The average molecular weight is 349 g/mol. The van der Waals surface area contributed by atoms with Crippen LogP contribution in [0.25, 0.3) is 11.5 Å². The van der Waals surface area contributed by atoms with Gasteiger partial charge in [0.1, 0.15) is 6.26 Å². The third kappa shape index (κ3) is 3.75. The van der Waals surface area contributed by atoms with Crippen LogP contribution in [0.4, 0.5) is 5.82 Å². The molecule has 0 radical (unpaired) electrons. The Hall–Kier alpha value is -2.73. The first-order valence-corrected chi connectivity index (χ1v) is 9.02. The molecule has 0 unspecified atom stereocenters. The fourth-order valence-electron chi connectivity index (χ4n) is 3.46. The second-order valence-corrected chi connectivity index (χ2v) is 6.75. The van der Waals surface area contributed by atoms with Crippen LogP contribution >= 0.6 is 0 Å². The van der Waals surface area contributed by atoms with Crippen LogP contribution in [-0.2, 0) is 6.54 Å². The zero-order valence-electron chi connectivity index (χ0n) is 15.0. The number of nitrogens with zero attached hydrogens (tertiary/aromatic N) is 5. The molecule has 3 aromatic rings. The van der Waals surface area contributed by atoms with Gasteiger partial charge in [0.25, 0.3) is 0 Å². The minimum atomic E-state index is 0.461. The van der Waals surface area contributed by atoms with E-state index in [-0.39, 0.29) is 0 Å². The van der Waals surface area contributed by atoms with Crippen molar-refractivity contribution in [2.45, 2.75) is 25.4 Å². The van der Waals surface area contributed by atoms with Crippen LogP contribution in [0, 0.1) is 0 Å². The molecule has 0 amide bonds. The predicted octanol–water partition coefficient (Wildman–Crippen LogP) is 3.23. The largest absolute Gasteiger partial charge is 0.444 e. The van der Waals surface area contributed by atoms with Crippen LogP contribution in [0.15, 0.2) is 59.3 Å². The molecule has 0 saturated carbocycles. The van der Waals surface area contributed by atoms with Gasteiger partial charge in [0.2, 0.25) is 5.89 Å². The zero-order chi connectivity index (χ0) is 17.8. The van der Waals surface area contributed by atoms with E-state index >= 15 is 0 Å². The molecule has 134 valence electrons. The van der Waals surface area contributed by atoms with Gasteiger partial charge in [0, 0.05) is 37.4 Å². The molecule has 1 aromatic carbocycles. The maximum atomic E-state index is 5.66. The van der Waals surface area contributed by atoms with Crippen molar-refractivity contribution in [1.82, 2.24) is 20.1 Å². The monoisotopic (exact) mass is 349 g/mol. The summed E-state index contributed by atoms with van der Waals surface area (Å²) in [6, 6.07) is 14.4. The SMILES string of the molecule is CN(Cc1coc(-c2ccccc2)n1)[C@H]1CCCN(c2cccnn2)C1. The minimum absolute atomic E-state index is 0.461. The summed E-state index contributed by atoms with van der Waals surface area (Å²) in [5.41, 5.74) is 1.97. The molecule has 0 spiro atoms. The van der Waals surface area contributed by atoms with E-state index in [0.29, 0.717) is 11.9 Å². The first-order valence-electron chi connectivity index (χ1n) is 9.02. The van der Waals surface area contributed by atoms with Crippen LogP contribution in [0.5, 0.6) is 0 Å². The Morgan fingerprint density at radius 2 is 2.08 bits per heavy atom. The molecule has 4 rings (SSSR count). The fraction of sp³-hybridized carbons (Fsp3) is 0.350. The maximum absolute atomic E-state index is 5.66. The molecule has 2 aromatic heterocycles. The predicted molar refractivity (Wildman–Crippen MR) is 101 cm³/mol. The van der Waals surface area contributed by atoms with Gasteiger partial charge in [-0.3, -0.25) is 4.90 Å². The number of rotatable bonds is 5. The minimum Gasteiger partial charge on any atom is -0.444 e. The van der Waals surface area contributed by atoms with E-state index < -0.39 is 0 Å². The Balaban J connectivity index is 1.40. The van der Waals surface area contributed by atoms with Crippen molar-refractivity contribution < 1.29 is 4.42 Å². The van der Waals surface area contributed by atoms with Crippen molar-refractivity contribution in [3.05, 3.63) is 60.6 Å². The van der Waals surface area contributed by atoms with Gasteiger partial charge < -0.3 is 9.32 Å². The molecule has 1 aliphatic rings. The highest BCUT2D eigenvalue weighted by molar-refractivity contribution is 5.52. The molecule has 0 bridgehead atoms. The van der Waals surface area contributed by atoms with Gasteiger partial charge in [-0.1, -0.05) is 18.2 Å². The highest BCUT2D eigenvalue weighted by Crippen LogP contribution is 2.22. The van der Waals surface area contributed by atoms with E-state index in [1.165, 1.54) is 6.42 Å². The number of aromatic nitrogens is 3. The Morgan fingerprint density at radius 3 is 2.88 bits per heavy atom. The van der Waals surface area contributed by atoms with Crippen molar-refractivity contribution in [2.75, 3.05) is 25.0 Å². The van der Waals surface area contributed by atoms with Gasteiger partial charge >= 0.3 is 0 Å². The Morgan fingerprint density at radius 1 is 1.19 bits per heavy atom. The van der Waals surface area contributed by atoms with Gasteiger partial charge in [0.15, 0.2) is 5.82 Å². The van der Waals surface area contributed by atoms with Crippen LogP contribution < -0.4 is 4.90 Å². The van der Waals surface area contributed by atoms with Gasteiger partial charge in [-0.05, 0) is 44.2 Å². The van der Waals surface area contributed by atoms with Gasteiger partial charge in [-0.15, -0.1) is 5.10 Å². The summed E-state index contributed by atoms with van der Waals surface area (Å²) in [6.07, 6.45) is 5.81. The van der Waals surface area contributed by atoms with Crippen LogP contribution in [-0.4, -0.2) is 46.3 Å². The lowest BCUT2D eigenvalue weighted by molar-refractivity contribution is 0.205. The van der Waals surface area contributed by atoms with E-state index in [0.717, 1.165) is 43.1 Å². The van der Waals surface area contributed by atoms with E-state index in [4.69, 9.17) is 4.42 Å². The summed E-state index contributed by atoms with van der Waals surface area (Å²) >= 11 is 0. The molecule has 1 atom stereocenters. The number of likely N-dealkylation sites (N-methyl/N-ethyl adjacent to an activating group) is 1. The fourth-order valence-corrected chi connectivity index (χ4v) is 3.46. The van der Waals surface area contributed by atoms with Gasteiger partial charge in [0.05, 0.1) is 5.69 Å². The second kappa shape index (κ2) is 7.66. The Labute approximate surface area is 153 Å². The van der Waals surface area contributed by atoms with Crippen molar-refractivity contribution in [3.63, 3.8) is 0 Å². The van der Waals surface area contributed by atoms with Crippen LogP contribution in [0.2, 0.25) is 0 Å². The van der Waals surface area contributed by atoms with Crippen molar-refractivity contribution in [1.29, 1.82) is 0 Å². The first-order chi connectivity index (χ1) is 12.8. The number of oxazole rings is 1. The molecule has 1 fully saturated rings. The van der Waals surface area contributed by atoms with E-state index in [2.05, 4.69) is 32.0 Å². The molecular weight excluding hydrogens is 326 g/mol. The summed E-state index contributed by atoms with van der Waals surface area (Å²) < 4.78 is 5.66. The molecule has 6 heteroatoms. The van der Waals surface area contributed by atoms with Gasteiger partial charge in [-0.2, -0.15) is 5.10 Å². The molecule has 6 nitrogen and oxygen atoms in total. The zero-order valence-corrected chi connectivity index (χ0v) is 15.0. The van der Waals surface area contributed by atoms with Crippen molar-refractivity contribution in [3.8, 4) is 11.5 Å². The summed E-state index contributed by atoms with van der Waals surface area (Å²) in [5.74, 6) is 1.64. The lowest BCUT2D eigenvalue weighted by Gasteiger charge is -2.37. The van der Waals surface area contributed by atoms with Gasteiger partial charge in [-0.25, -0.2) is 4.98 Å². The smallest absolute Gasteiger partial charge is 0.226 e. The lowest BCUT2D eigenvalue weighted by Crippen LogP contribution is -2.46. The highest BCUT2D eigenvalue weighted by atomic mass is 16.3. The van der Waals surface area contributed by atoms with Crippen molar-refractivity contribution >= 4 is 5.82 Å². The van der Waals surface area contributed by atoms with E-state index in [1.807, 2.05) is 42.5 Å². The highest BCUT2D eigenvalue weighted by Gasteiger charge is 2.24. The molecule has 0 N–H and O–H groups in total. The topological polar surface area (TPSA) is 58.3 Å². The standard InChI is InChI=1S/C20H23N5O/c1-24(13-17-15-26-20(22-17)16-7-3-2-4-8-16)18-9-6-12-25(14-18)19-10-5-11-21-23-19/h2-5,7-8,10-11,15,18H,6,9,12-14H2,1H3/t18-/m0/s1. The number of piperidine rings is 1. The van der Waals surface area contributed by atoms with E-state index in [1.54, 1.807) is 12.5 Å². The number of hydrogen-bond donors (Lipinski definition) is 0. The summed E-state index contributed by atoms with van der Waals surface area (Å²) in [5, 5.41) is 8.25. The quantitative estimate of drug-likeness (QED) is 0.705. The van der Waals surface area contributed by atoms with Crippen LogP contribution in [0.3, 0.4) is 0 Å². The van der Waals surface area contributed by atoms with E-state index in [9.17, 15) is 0 Å². The molecule has 1 saturated heterocycles. The third-order valence-corrected chi connectivity index (χ3v) is 4.89. The average Bonchev–Trinajstić information content (AvgIpc) is 3.18. The maximum Gasteiger partial charge on any atom is 0.226 e. The molecule has 3 heterocycles. The summed E-state index contributed by atoms with van der Waals surface area (Å²) in [4.78, 5) is 9.32. The summed E-state index contributed by atoms with van der Waals surface area (Å²) in [6.45, 7) is 2.76. The first kappa shape index (κ1) is 16.7. The van der Waals surface area contributed by atoms with Crippen LogP contribution in [0.1, 0.15) is 18.5 Å². The lowest BCUT2D eigenvalue weighted by atomic mass is 10.0. The second-order valence-electron chi connectivity index (χ2n) is 6.75.